The molecule has 0 saturated heterocycles. The molecular weight excluding hydrogens is 368 g/mol. The molecule has 152 valence electrons. The number of para-hydroxylation sites is 1. The number of hydrogen-bond donors (Lipinski definition) is 0. The molecule has 0 aliphatic heterocycles. The number of aryl methyl sites for hydroxylation is 1. The van der Waals surface area contributed by atoms with Gasteiger partial charge in [0.15, 0.2) is 0 Å². The van der Waals surface area contributed by atoms with Crippen molar-refractivity contribution in [2.75, 3.05) is 0 Å². The molecular formula is C27H28N2O. The number of imidazole rings is 1. The van der Waals surface area contributed by atoms with Crippen LogP contribution in [0.3, 0.4) is 0 Å². The first-order valence-corrected chi connectivity index (χ1v) is 11.0. The molecule has 1 fully saturated rings. The average molecular weight is 397 g/mol. The molecule has 0 atom stereocenters. The van der Waals surface area contributed by atoms with E-state index in [1.165, 1.54) is 48.7 Å². The molecule has 0 bridgehead atoms. The summed E-state index contributed by atoms with van der Waals surface area (Å²) in [7, 11) is 0. The van der Waals surface area contributed by atoms with Crippen LogP contribution in [0, 0.1) is 6.92 Å². The van der Waals surface area contributed by atoms with Crippen molar-refractivity contribution in [3.8, 4) is 17.1 Å². The maximum Gasteiger partial charge on any atom is 0.141 e. The zero-order chi connectivity index (χ0) is 20.3. The Morgan fingerprint density at radius 3 is 2.40 bits per heavy atom. The van der Waals surface area contributed by atoms with Crippen molar-refractivity contribution in [1.82, 2.24) is 9.55 Å². The van der Waals surface area contributed by atoms with Crippen molar-refractivity contribution in [2.24, 2.45) is 0 Å². The van der Waals surface area contributed by atoms with E-state index in [1.807, 2.05) is 18.2 Å². The molecule has 3 heteroatoms. The van der Waals surface area contributed by atoms with E-state index in [9.17, 15) is 0 Å². The summed E-state index contributed by atoms with van der Waals surface area (Å²) in [4.78, 5) is 5.10. The minimum atomic E-state index is 0.537. The summed E-state index contributed by atoms with van der Waals surface area (Å²) in [5, 5.41) is 0. The van der Waals surface area contributed by atoms with E-state index in [2.05, 4.69) is 66.1 Å². The van der Waals surface area contributed by atoms with Crippen LogP contribution in [0.5, 0.6) is 5.75 Å². The number of aromatic nitrogens is 2. The van der Waals surface area contributed by atoms with E-state index in [1.54, 1.807) is 0 Å². The molecule has 1 aliphatic carbocycles. The molecule has 0 spiro atoms. The third kappa shape index (κ3) is 3.72. The number of ether oxygens (including phenoxy) is 1. The van der Waals surface area contributed by atoms with Gasteiger partial charge < -0.3 is 9.30 Å². The smallest absolute Gasteiger partial charge is 0.141 e. The summed E-state index contributed by atoms with van der Waals surface area (Å²) < 4.78 is 8.48. The molecule has 1 aromatic heterocycles. The van der Waals surface area contributed by atoms with Crippen LogP contribution in [-0.4, -0.2) is 9.55 Å². The van der Waals surface area contributed by atoms with Gasteiger partial charge in [0.05, 0.1) is 11.0 Å². The topological polar surface area (TPSA) is 27.1 Å². The maximum atomic E-state index is 5.98. The highest BCUT2D eigenvalue weighted by Gasteiger charge is 2.22. The number of nitrogens with zero attached hydrogens (tertiary/aromatic N) is 2. The van der Waals surface area contributed by atoms with E-state index >= 15 is 0 Å². The van der Waals surface area contributed by atoms with Gasteiger partial charge in [-0.3, -0.25) is 0 Å². The maximum absolute atomic E-state index is 5.98. The summed E-state index contributed by atoms with van der Waals surface area (Å²) in [5.41, 5.74) is 5.97. The summed E-state index contributed by atoms with van der Waals surface area (Å²) in [5.74, 6) is 1.97. The van der Waals surface area contributed by atoms with Crippen molar-refractivity contribution in [2.45, 2.75) is 51.7 Å². The van der Waals surface area contributed by atoms with Gasteiger partial charge in [0, 0.05) is 11.6 Å². The average Bonchev–Trinajstić information content (AvgIpc) is 3.20. The van der Waals surface area contributed by atoms with Gasteiger partial charge >= 0.3 is 0 Å². The highest BCUT2D eigenvalue weighted by atomic mass is 16.5. The standard InChI is InChI=1S/C27H28N2O/c1-20-9-8-14-25-26(20)28-27(29(25)23-12-6-3-7-13-23)22-15-17-24(18-16-22)30-19-21-10-4-2-5-11-21/h2,4-5,8-11,14-18,23H,3,6-7,12-13,19H2,1H3. The zero-order valence-corrected chi connectivity index (χ0v) is 17.6. The van der Waals surface area contributed by atoms with Gasteiger partial charge in [-0.2, -0.15) is 0 Å². The normalized spacial score (nSPS) is 14.8. The lowest BCUT2D eigenvalue weighted by molar-refractivity contribution is 0.306. The molecule has 4 aromatic rings. The van der Waals surface area contributed by atoms with E-state index in [4.69, 9.17) is 9.72 Å². The molecule has 1 saturated carbocycles. The van der Waals surface area contributed by atoms with Crippen molar-refractivity contribution < 1.29 is 4.74 Å². The van der Waals surface area contributed by atoms with Gasteiger partial charge in [-0.05, 0) is 61.2 Å². The Morgan fingerprint density at radius 1 is 0.867 bits per heavy atom. The van der Waals surface area contributed by atoms with E-state index < -0.39 is 0 Å². The van der Waals surface area contributed by atoms with Gasteiger partial charge in [0.25, 0.3) is 0 Å². The zero-order valence-electron chi connectivity index (χ0n) is 17.6. The largest absolute Gasteiger partial charge is 0.489 e. The highest BCUT2D eigenvalue weighted by Crippen LogP contribution is 2.37. The van der Waals surface area contributed by atoms with Crippen LogP contribution in [0.4, 0.5) is 0 Å². The Labute approximate surface area is 178 Å². The van der Waals surface area contributed by atoms with Crippen molar-refractivity contribution in [1.29, 1.82) is 0 Å². The molecule has 5 rings (SSSR count). The van der Waals surface area contributed by atoms with E-state index in [0.29, 0.717) is 12.6 Å². The first kappa shape index (κ1) is 18.9. The predicted octanol–water partition coefficient (Wildman–Crippen LogP) is 7.10. The molecule has 1 heterocycles. The quantitative estimate of drug-likeness (QED) is 0.360. The lowest BCUT2D eigenvalue weighted by atomic mass is 9.94. The Morgan fingerprint density at radius 2 is 1.63 bits per heavy atom. The van der Waals surface area contributed by atoms with Crippen molar-refractivity contribution in [3.05, 3.63) is 83.9 Å². The predicted molar refractivity (Wildman–Crippen MR) is 123 cm³/mol. The first-order valence-electron chi connectivity index (χ1n) is 11.0. The fourth-order valence-electron chi connectivity index (χ4n) is 4.61. The molecule has 3 nitrogen and oxygen atoms in total. The number of fused-ring (bicyclic) bond motifs is 1. The van der Waals surface area contributed by atoms with Crippen molar-refractivity contribution >= 4 is 11.0 Å². The number of hydrogen-bond acceptors (Lipinski definition) is 2. The van der Waals surface area contributed by atoms with Crippen LogP contribution >= 0.6 is 0 Å². The van der Waals surface area contributed by atoms with Gasteiger partial charge in [-0.15, -0.1) is 0 Å². The molecule has 1 aliphatic rings. The second-order valence-electron chi connectivity index (χ2n) is 8.34. The fraction of sp³-hybridized carbons (Fsp3) is 0.296. The van der Waals surface area contributed by atoms with Gasteiger partial charge in [0.2, 0.25) is 0 Å². The number of rotatable bonds is 5. The Bertz CT molecular complexity index is 1120. The Hall–Kier alpha value is -3.07. The minimum absolute atomic E-state index is 0.537. The Balaban J connectivity index is 1.47. The lowest BCUT2D eigenvalue weighted by Crippen LogP contribution is -2.14. The SMILES string of the molecule is Cc1cccc2c1nc(-c1ccc(OCc3ccccc3)cc1)n2C1CCCCC1. The molecule has 30 heavy (non-hydrogen) atoms. The van der Waals surface area contributed by atoms with Crippen LogP contribution in [0.2, 0.25) is 0 Å². The van der Waals surface area contributed by atoms with Gasteiger partial charge in [-0.25, -0.2) is 4.98 Å². The summed E-state index contributed by atoms with van der Waals surface area (Å²) in [6.45, 7) is 2.74. The highest BCUT2D eigenvalue weighted by molar-refractivity contribution is 5.83. The second-order valence-corrected chi connectivity index (χ2v) is 8.34. The first-order chi connectivity index (χ1) is 14.8. The van der Waals surface area contributed by atoms with Crippen LogP contribution in [0.15, 0.2) is 72.8 Å². The third-order valence-electron chi connectivity index (χ3n) is 6.22. The monoisotopic (exact) mass is 396 g/mol. The van der Waals surface area contributed by atoms with Crippen molar-refractivity contribution in [3.63, 3.8) is 0 Å². The van der Waals surface area contributed by atoms with Crippen LogP contribution in [-0.2, 0) is 6.61 Å². The lowest BCUT2D eigenvalue weighted by Gasteiger charge is -2.25. The van der Waals surface area contributed by atoms with E-state index in [0.717, 1.165) is 22.7 Å². The molecule has 0 radical (unpaired) electrons. The Kier molecular flexibility index (Phi) is 5.27. The van der Waals surface area contributed by atoms with Crippen LogP contribution in [0.25, 0.3) is 22.4 Å². The summed E-state index contributed by atoms with van der Waals surface area (Å²) in [6, 6.07) is 25.8. The summed E-state index contributed by atoms with van der Waals surface area (Å²) >= 11 is 0. The minimum Gasteiger partial charge on any atom is -0.489 e. The molecule has 0 unspecified atom stereocenters. The molecule has 0 N–H and O–H groups in total. The van der Waals surface area contributed by atoms with Gasteiger partial charge in [-0.1, -0.05) is 61.7 Å². The van der Waals surface area contributed by atoms with Crippen LogP contribution in [0.1, 0.15) is 49.3 Å². The van der Waals surface area contributed by atoms with E-state index in [-0.39, 0.29) is 0 Å². The van der Waals surface area contributed by atoms with Gasteiger partial charge in [0.1, 0.15) is 18.2 Å². The second kappa shape index (κ2) is 8.35. The number of benzene rings is 3. The van der Waals surface area contributed by atoms with Crippen LogP contribution < -0.4 is 4.74 Å². The third-order valence-corrected chi connectivity index (χ3v) is 6.22. The summed E-state index contributed by atoms with van der Waals surface area (Å²) in [6.07, 6.45) is 6.45. The molecule has 3 aromatic carbocycles. The molecule has 0 amide bonds. The fourth-order valence-corrected chi connectivity index (χ4v) is 4.61.